The monoisotopic (exact) mass is 563 g/mol. The summed E-state index contributed by atoms with van der Waals surface area (Å²) >= 11 is 7.02. The maximum Gasteiger partial charge on any atom is 0.264 e. The SMILES string of the molecule is C[C@H](Nc1ncnc2[nH]ccc(=O)c12)c1c(Cl)c2cccc(S(=O)(=O)C(C)(C)C)c2c(=O)n1-c1ccccc1. The number of aromatic amines is 1. The van der Waals surface area contributed by atoms with E-state index in [4.69, 9.17) is 11.6 Å². The van der Waals surface area contributed by atoms with Gasteiger partial charge in [0, 0.05) is 23.3 Å². The number of benzene rings is 2. The van der Waals surface area contributed by atoms with Crippen molar-refractivity contribution in [3.8, 4) is 5.69 Å². The maximum atomic E-state index is 14.3. The number of anilines is 1. The van der Waals surface area contributed by atoms with Crippen LogP contribution in [0.1, 0.15) is 39.4 Å². The van der Waals surface area contributed by atoms with E-state index in [2.05, 4.69) is 20.3 Å². The third-order valence-corrected chi connectivity index (χ3v) is 9.50. The minimum Gasteiger partial charge on any atom is -0.361 e. The Kier molecular flexibility index (Phi) is 6.56. The van der Waals surface area contributed by atoms with E-state index in [1.54, 1.807) is 64.1 Å². The fourth-order valence-electron chi connectivity index (χ4n) is 4.55. The average molecular weight is 564 g/mol. The molecule has 0 aliphatic carbocycles. The number of hydrogen-bond donors (Lipinski definition) is 2. The number of aromatic nitrogens is 4. The molecule has 2 aromatic carbocycles. The van der Waals surface area contributed by atoms with Crippen molar-refractivity contribution in [1.29, 1.82) is 0 Å². The van der Waals surface area contributed by atoms with Gasteiger partial charge in [-0.1, -0.05) is 41.9 Å². The highest BCUT2D eigenvalue weighted by Crippen LogP contribution is 2.37. The van der Waals surface area contributed by atoms with Gasteiger partial charge in [0.25, 0.3) is 5.56 Å². The van der Waals surface area contributed by atoms with Crippen molar-refractivity contribution in [3.63, 3.8) is 0 Å². The topological polar surface area (TPSA) is 127 Å². The number of para-hydroxylation sites is 1. The van der Waals surface area contributed by atoms with Gasteiger partial charge in [-0.05, 0) is 45.9 Å². The van der Waals surface area contributed by atoms with Gasteiger partial charge in [-0.25, -0.2) is 18.4 Å². The molecule has 11 heteroatoms. The first kappa shape index (κ1) is 26.6. The van der Waals surface area contributed by atoms with Crippen molar-refractivity contribution in [2.75, 3.05) is 5.32 Å². The molecular formula is C28H26ClN5O4S. The van der Waals surface area contributed by atoms with Gasteiger partial charge < -0.3 is 10.3 Å². The predicted molar refractivity (Wildman–Crippen MR) is 154 cm³/mol. The number of sulfone groups is 1. The van der Waals surface area contributed by atoms with Crippen LogP contribution in [-0.2, 0) is 9.84 Å². The molecular weight excluding hydrogens is 538 g/mol. The van der Waals surface area contributed by atoms with Crippen LogP contribution in [-0.4, -0.2) is 32.7 Å². The molecule has 0 radical (unpaired) electrons. The summed E-state index contributed by atoms with van der Waals surface area (Å²) in [5, 5.41) is 4.01. The summed E-state index contributed by atoms with van der Waals surface area (Å²) in [6.07, 6.45) is 2.82. The predicted octanol–water partition coefficient (Wildman–Crippen LogP) is 5.02. The number of halogens is 1. The van der Waals surface area contributed by atoms with Gasteiger partial charge in [-0.15, -0.1) is 0 Å². The van der Waals surface area contributed by atoms with Gasteiger partial charge in [0.15, 0.2) is 15.3 Å². The Labute approximate surface area is 229 Å². The van der Waals surface area contributed by atoms with Crippen LogP contribution < -0.4 is 16.3 Å². The number of nitrogens with zero attached hydrogens (tertiary/aromatic N) is 3. The lowest BCUT2D eigenvalue weighted by Crippen LogP contribution is -2.31. The largest absolute Gasteiger partial charge is 0.361 e. The molecule has 39 heavy (non-hydrogen) atoms. The van der Waals surface area contributed by atoms with Gasteiger partial charge in [0.2, 0.25) is 0 Å². The van der Waals surface area contributed by atoms with Crippen molar-refractivity contribution in [2.45, 2.75) is 43.4 Å². The molecule has 2 N–H and O–H groups in total. The molecule has 1 atom stereocenters. The van der Waals surface area contributed by atoms with Gasteiger partial charge in [-0.2, -0.15) is 0 Å². The van der Waals surface area contributed by atoms with Gasteiger partial charge in [0.1, 0.15) is 23.2 Å². The Morgan fingerprint density at radius 3 is 2.38 bits per heavy atom. The highest BCUT2D eigenvalue weighted by molar-refractivity contribution is 7.93. The van der Waals surface area contributed by atoms with Gasteiger partial charge in [-0.3, -0.25) is 14.2 Å². The molecule has 0 aliphatic rings. The van der Waals surface area contributed by atoms with Crippen LogP contribution in [0.4, 0.5) is 5.82 Å². The number of H-pyrrole nitrogens is 1. The Hall–Kier alpha value is -4.02. The van der Waals surface area contributed by atoms with Crippen molar-refractivity contribution in [2.24, 2.45) is 0 Å². The molecule has 0 unspecified atom stereocenters. The van der Waals surface area contributed by atoms with E-state index in [9.17, 15) is 18.0 Å². The summed E-state index contributed by atoms with van der Waals surface area (Å²) in [5.41, 5.74) is 0.432. The summed E-state index contributed by atoms with van der Waals surface area (Å²) in [4.78, 5) is 38.1. The third kappa shape index (κ3) is 4.39. The Bertz CT molecular complexity index is 1960. The van der Waals surface area contributed by atoms with Crippen LogP contribution in [0.3, 0.4) is 0 Å². The van der Waals surface area contributed by atoms with Crippen molar-refractivity contribution >= 4 is 49.1 Å². The molecule has 9 nitrogen and oxygen atoms in total. The molecule has 0 aliphatic heterocycles. The molecule has 5 rings (SSSR count). The number of rotatable bonds is 5. The zero-order valence-corrected chi connectivity index (χ0v) is 23.3. The summed E-state index contributed by atoms with van der Waals surface area (Å²) < 4.78 is 27.4. The number of pyridine rings is 2. The molecule has 0 saturated heterocycles. The molecule has 0 fully saturated rings. The number of nitrogens with one attached hydrogen (secondary N) is 2. The summed E-state index contributed by atoms with van der Waals surface area (Å²) in [6.45, 7) is 6.55. The van der Waals surface area contributed by atoms with Gasteiger partial charge in [0.05, 0.1) is 31.8 Å². The first-order chi connectivity index (χ1) is 18.4. The quantitative estimate of drug-likeness (QED) is 0.307. The molecule has 0 bridgehead atoms. The maximum absolute atomic E-state index is 14.3. The Morgan fingerprint density at radius 2 is 1.69 bits per heavy atom. The second kappa shape index (κ2) is 9.62. The smallest absolute Gasteiger partial charge is 0.264 e. The lowest BCUT2D eigenvalue weighted by atomic mass is 10.1. The van der Waals surface area contributed by atoms with E-state index in [0.717, 1.165) is 0 Å². The van der Waals surface area contributed by atoms with Crippen LogP contribution in [0.2, 0.25) is 5.02 Å². The second-order valence-electron chi connectivity index (χ2n) is 10.1. The highest BCUT2D eigenvalue weighted by Gasteiger charge is 2.34. The lowest BCUT2D eigenvalue weighted by Gasteiger charge is -2.25. The molecule has 5 aromatic rings. The van der Waals surface area contributed by atoms with Gasteiger partial charge >= 0.3 is 0 Å². The lowest BCUT2D eigenvalue weighted by molar-refractivity contribution is 0.561. The van der Waals surface area contributed by atoms with Crippen molar-refractivity contribution in [3.05, 3.63) is 98.4 Å². The van der Waals surface area contributed by atoms with Crippen LogP contribution in [0, 0.1) is 0 Å². The minimum absolute atomic E-state index is 0.0150. The first-order valence-electron chi connectivity index (χ1n) is 12.2. The number of hydrogen-bond acceptors (Lipinski definition) is 7. The molecule has 0 amide bonds. The summed E-state index contributed by atoms with van der Waals surface area (Å²) in [5.74, 6) is 0.265. The van der Waals surface area contributed by atoms with E-state index < -0.39 is 26.2 Å². The fraction of sp³-hybridized carbons (Fsp3) is 0.214. The van der Waals surface area contributed by atoms with Crippen LogP contribution in [0.5, 0.6) is 0 Å². The fourth-order valence-corrected chi connectivity index (χ4v) is 6.34. The molecule has 3 aromatic heterocycles. The molecule has 200 valence electrons. The second-order valence-corrected chi connectivity index (χ2v) is 13.2. The minimum atomic E-state index is -3.89. The average Bonchev–Trinajstić information content (AvgIpc) is 2.90. The van der Waals surface area contributed by atoms with E-state index in [1.807, 2.05) is 6.07 Å². The summed E-state index contributed by atoms with van der Waals surface area (Å²) in [7, 11) is -3.89. The van der Waals surface area contributed by atoms with E-state index in [-0.39, 0.29) is 31.9 Å². The van der Waals surface area contributed by atoms with Crippen LogP contribution >= 0.6 is 11.6 Å². The van der Waals surface area contributed by atoms with E-state index in [0.29, 0.717) is 22.4 Å². The van der Waals surface area contributed by atoms with E-state index >= 15 is 0 Å². The zero-order valence-electron chi connectivity index (χ0n) is 21.7. The summed E-state index contributed by atoms with van der Waals surface area (Å²) in [6, 6.07) is 14.2. The van der Waals surface area contributed by atoms with E-state index in [1.165, 1.54) is 29.2 Å². The Balaban J connectivity index is 1.83. The van der Waals surface area contributed by atoms with Crippen molar-refractivity contribution < 1.29 is 8.42 Å². The molecule has 0 spiro atoms. The molecule has 0 saturated carbocycles. The first-order valence-corrected chi connectivity index (χ1v) is 14.1. The normalized spacial score (nSPS) is 13.1. The third-order valence-electron chi connectivity index (χ3n) is 6.57. The molecule has 3 heterocycles. The van der Waals surface area contributed by atoms with Crippen LogP contribution in [0.25, 0.3) is 27.5 Å². The zero-order chi connectivity index (χ0) is 28.1. The Morgan fingerprint density at radius 1 is 0.974 bits per heavy atom. The van der Waals surface area contributed by atoms with Crippen LogP contribution in [0.15, 0.2) is 81.6 Å². The standard InChI is InChI=1S/C28H26ClN5O4S/c1-16(33-26-22-19(35)13-14-30-25(22)31-15-32-26)24-23(29)18-11-8-12-20(39(37,38)28(2,3)4)21(18)27(36)34(24)17-9-6-5-7-10-17/h5-16H,1-4H3,(H2,30,31,32,33,35)/t16-/m0/s1. The highest BCUT2D eigenvalue weighted by atomic mass is 35.5. The van der Waals surface area contributed by atoms with Crippen molar-refractivity contribution in [1.82, 2.24) is 19.5 Å². The number of fused-ring (bicyclic) bond motifs is 2.